The van der Waals surface area contributed by atoms with E-state index in [0.717, 1.165) is 26.2 Å². The van der Waals surface area contributed by atoms with E-state index in [1.807, 2.05) is 11.9 Å². The summed E-state index contributed by atoms with van der Waals surface area (Å²) in [6, 6.07) is 0.342. The molecular weight excluding hydrogens is 178 g/mol. The first-order chi connectivity index (χ1) is 6.65. The lowest BCUT2D eigenvalue weighted by Gasteiger charge is -2.36. The molecule has 1 heterocycles. The summed E-state index contributed by atoms with van der Waals surface area (Å²) < 4.78 is 0. The molecule has 0 aromatic heterocycles. The molecule has 1 fully saturated rings. The van der Waals surface area contributed by atoms with Crippen LogP contribution in [0.2, 0.25) is 0 Å². The molecule has 0 unspecified atom stereocenters. The van der Waals surface area contributed by atoms with Crippen LogP contribution in [-0.4, -0.2) is 61.5 Å². The number of piperazine rings is 1. The Bertz CT molecular complexity index is 194. The Hall–Kier alpha value is -0.610. The van der Waals surface area contributed by atoms with Crippen LogP contribution in [0.3, 0.4) is 0 Å². The van der Waals surface area contributed by atoms with Crippen LogP contribution in [0.1, 0.15) is 13.8 Å². The number of carbonyl (C=O) groups is 1. The number of rotatable bonds is 4. The van der Waals surface area contributed by atoms with Gasteiger partial charge in [0.15, 0.2) is 0 Å². The topological polar surface area (TPSA) is 35.6 Å². The van der Waals surface area contributed by atoms with E-state index in [-0.39, 0.29) is 5.91 Å². The van der Waals surface area contributed by atoms with Crippen molar-refractivity contribution in [2.75, 3.05) is 39.8 Å². The Morgan fingerprint density at radius 3 is 2.64 bits per heavy atom. The number of amides is 1. The van der Waals surface area contributed by atoms with E-state index in [0.29, 0.717) is 12.6 Å². The summed E-state index contributed by atoms with van der Waals surface area (Å²) in [5, 5.41) is 3.10. The zero-order chi connectivity index (χ0) is 10.6. The van der Waals surface area contributed by atoms with Gasteiger partial charge in [0.05, 0.1) is 6.54 Å². The Labute approximate surface area is 86.2 Å². The van der Waals surface area contributed by atoms with E-state index in [1.54, 1.807) is 0 Å². The SMILES string of the molecule is CNCCN1CCN(C(C)C)C(=O)C1. The number of nitrogens with one attached hydrogen (secondary N) is 1. The van der Waals surface area contributed by atoms with E-state index in [4.69, 9.17) is 0 Å². The fraction of sp³-hybridized carbons (Fsp3) is 0.900. The maximum Gasteiger partial charge on any atom is 0.237 e. The summed E-state index contributed by atoms with van der Waals surface area (Å²) in [7, 11) is 1.94. The Kier molecular flexibility index (Phi) is 4.35. The largest absolute Gasteiger partial charge is 0.338 e. The van der Waals surface area contributed by atoms with E-state index in [2.05, 4.69) is 24.1 Å². The average molecular weight is 199 g/mol. The standard InChI is InChI=1S/C10H21N3O/c1-9(2)13-7-6-12(5-4-11-3)8-10(13)14/h9,11H,4-8H2,1-3H3. The summed E-state index contributed by atoms with van der Waals surface area (Å²) in [6.07, 6.45) is 0. The molecule has 4 nitrogen and oxygen atoms in total. The fourth-order valence-corrected chi connectivity index (χ4v) is 1.74. The van der Waals surface area contributed by atoms with E-state index < -0.39 is 0 Å². The van der Waals surface area contributed by atoms with Crippen molar-refractivity contribution in [2.45, 2.75) is 19.9 Å². The van der Waals surface area contributed by atoms with Crippen LogP contribution in [0.15, 0.2) is 0 Å². The molecule has 0 bridgehead atoms. The highest BCUT2D eigenvalue weighted by Gasteiger charge is 2.24. The Morgan fingerprint density at radius 2 is 2.14 bits per heavy atom. The third-order valence-electron chi connectivity index (χ3n) is 2.64. The van der Waals surface area contributed by atoms with Crippen molar-refractivity contribution in [3.63, 3.8) is 0 Å². The molecule has 0 radical (unpaired) electrons. The molecule has 1 aliphatic heterocycles. The maximum absolute atomic E-state index is 11.7. The second kappa shape index (κ2) is 5.32. The van der Waals surface area contributed by atoms with Gasteiger partial charge in [0, 0.05) is 32.2 Å². The van der Waals surface area contributed by atoms with Gasteiger partial charge < -0.3 is 10.2 Å². The van der Waals surface area contributed by atoms with Gasteiger partial charge in [-0.05, 0) is 20.9 Å². The second-order valence-corrected chi connectivity index (χ2v) is 4.06. The predicted molar refractivity (Wildman–Crippen MR) is 57.2 cm³/mol. The van der Waals surface area contributed by atoms with Gasteiger partial charge in [-0.3, -0.25) is 9.69 Å². The molecule has 1 rings (SSSR count). The number of hydrogen-bond donors (Lipinski definition) is 1. The van der Waals surface area contributed by atoms with Gasteiger partial charge in [0.1, 0.15) is 0 Å². The van der Waals surface area contributed by atoms with E-state index in [9.17, 15) is 4.79 Å². The summed E-state index contributed by atoms with van der Waals surface area (Å²) >= 11 is 0. The van der Waals surface area contributed by atoms with Gasteiger partial charge >= 0.3 is 0 Å². The van der Waals surface area contributed by atoms with Gasteiger partial charge in [0.2, 0.25) is 5.91 Å². The molecule has 0 aromatic rings. The highest BCUT2D eigenvalue weighted by atomic mass is 16.2. The minimum atomic E-state index is 0.266. The van der Waals surface area contributed by atoms with Crippen LogP contribution in [0.4, 0.5) is 0 Å². The highest BCUT2D eigenvalue weighted by molar-refractivity contribution is 5.79. The van der Waals surface area contributed by atoms with Gasteiger partial charge in [-0.15, -0.1) is 0 Å². The second-order valence-electron chi connectivity index (χ2n) is 4.06. The maximum atomic E-state index is 11.7. The lowest BCUT2D eigenvalue weighted by atomic mass is 10.2. The van der Waals surface area contributed by atoms with Crippen molar-refractivity contribution < 1.29 is 4.79 Å². The molecule has 0 aromatic carbocycles. The molecule has 0 atom stereocenters. The average Bonchev–Trinajstić information content (AvgIpc) is 2.14. The molecule has 0 saturated carbocycles. The molecule has 4 heteroatoms. The lowest BCUT2D eigenvalue weighted by Crippen LogP contribution is -2.53. The van der Waals surface area contributed by atoms with E-state index in [1.165, 1.54) is 0 Å². The third-order valence-corrected chi connectivity index (χ3v) is 2.64. The van der Waals surface area contributed by atoms with Crippen molar-refractivity contribution >= 4 is 5.91 Å². The van der Waals surface area contributed by atoms with Gasteiger partial charge in [-0.25, -0.2) is 0 Å². The molecule has 1 saturated heterocycles. The molecule has 1 aliphatic rings. The Morgan fingerprint density at radius 1 is 1.43 bits per heavy atom. The van der Waals surface area contributed by atoms with Crippen LogP contribution >= 0.6 is 0 Å². The first-order valence-corrected chi connectivity index (χ1v) is 5.31. The monoisotopic (exact) mass is 199 g/mol. The first kappa shape index (κ1) is 11.5. The van der Waals surface area contributed by atoms with Crippen LogP contribution in [0.5, 0.6) is 0 Å². The van der Waals surface area contributed by atoms with Crippen molar-refractivity contribution in [1.29, 1.82) is 0 Å². The zero-order valence-electron chi connectivity index (χ0n) is 9.42. The van der Waals surface area contributed by atoms with Crippen LogP contribution in [-0.2, 0) is 4.79 Å². The van der Waals surface area contributed by atoms with Crippen LogP contribution in [0, 0.1) is 0 Å². The molecular formula is C10H21N3O. The predicted octanol–water partition coefficient (Wildman–Crippen LogP) is -0.242. The number of nitrogens with zero attached hydrogens (tertiary/aromatic N) is 2. The van der Waals surface area contributed by atoms with Gasteiger partial charge in [-0.2, -0.15) is 0 Å². The highest BCUT2D eigenvalue weighted by Crippen LogP contribution is 2.06. The minimum absolute atomic E-state index is 0.266. The molecule has 14 heavy (non-hydrogen) atoms. The molecule has 0 aliphatic carbocycles. The first-order valence-electron chi connectivity index (χ1n) is 5.31. The lowest BCUT2D eigenvalue weighted by molar-refractivity contribution is -0.137. The van der Waals surface area contributed by atoms with Gasteiger partial charge in [-0.1, -0.05) is 0 Å². The number of carbonyl (C=O) groups excluding carboxylic acids is 1. The van der Waals surface area contributed by atoms with Crippen molar-refractivity contribution in [1.82, 2.24) is 15.1 Å². The van der Waals surface area contributed by atoms with E-state index >= 15 is 0 Å². The molecule has 1 amide bonds. The van der Waals surface area contributed by atoms with Crippen LogP contribution < -0.4 is 5.32 Å². The van der Waals surface area contributed by atoms with Crippen molar-refractivity contribution in [3.8, 4) is 0 Å². The number of likely N-dealkylation sites (N-methyl/N-ethyl adjacent to an activating group) is 1. The normalized spacial score (nSPS) is 19.4. The minimum Gasteiger partial charge on any atom is -0.338 e. The molecule has 1 N–H and O–H groups in total. The fourth-order valence-electron chi connectivity index (χ4n) is 1.74. The summed E-state index contributed by atoms with van der Waals surface area (Å²) in [5.41, 5.74) is 0. The van der Waals surface area contributed by atoms with Crippen molar-refractivity contribution in [3.05, 3.63) is 0 Å². The zero-order valence-corrected chi connectivity index (χ0v) is 9.42. The van der Waals surface area contributed by atoms with Crippen molar-refractivity contribution in [2.24, 2.45) is 0 Å². The quantitative estimate of drug-likeness (QED) is 0.678. The summed E-state index contributed by atoms with van der Waals surface area (Å²) in [5.74, 6) is 0.266. The molecule has 0 spiro atoms. The number of hydrogen-bond acceptors (Lipinski definition) is 3. The summed E-state index contributed by atoms with van der Waals surface area (Å²) in [4.78, 5) is 15.8. The third kappa shape index (κ3) is 2.96. The molecule has 82 valence electrons. The smallest absolute Gasteiger partial charge is 0.237 e. The summed E-state index contributed by atoms with van der Waals surface area (Å²) in [6.45, 7) is 8.52. The van der Waals surface area contributed by atoms with Crippen LogP contribution in [0.25, 0.3) is 0 Å². The Balaban J connectivity index is 2.35. The van der Waals surface area contributed by atoms with Gasteiger partial charge in [0.25, 0.3) is 0 Å².